The van der Waals surface area contributed by atoms with Crippen LogP contribution in [0.15, 0.2) is 30.6 Å². The van der Waals surface area contributed by atoms with Crippen LogP contribution in [0.3, 0.4) is 0 Å². The molecule has 0 radical (unpaired) electrons. The molecule has 80 valence electrons. The van der Waals surface area contributed by atoms with Gasteiger partial charge in [0.2, 0.25) is 0 Å². The highest BCUT2D eigenvalue weighted by Gasteiger charge is 2.03. The number of imidazole rings is 1. The number of aromatic nitrogens is 2. The van der Waals surface area contributed by atoms with Gasteiger partial charge in [-0.15, -0.1) is 0 Å². The van der Waals surface area contributed by atoms with Crippen LogP contribution in [0.2, 0.25) is 0 Å². The van der Waals surface area contributed by atoms with Crippen molar-refractivity contribution in [3.63, 3.8) is 0 Å². The first-order valence-corrected chi connectivity index (χ1v) is 7.38. The van der Waals surface area contributed by atoms with E-state index >= 15 is 0 Å². The summed E-state index contributed by atoms with van der Waals surface area (Å²) in [5, 5.41) is 0. The number of para-hydroxylation sites is 2. The van der Waals surface area contributed by atoms with E-state index in [1.807, 2.05) is 24.5 Å². The van der Waals surface area contributed by atoms with Gasteiger partial charge in [-0.2, -0.15) is 0 Å². The van der Waals surface area contributed by atoms with Crippen molar-refractivity contribution in [1.29, 1.82) is 0 Å². The van der Waals surface area contributed by atoms with Gasteiger partial charge in [0, 0.05) is 5.75 Å². The summed E-state index contributed by atoms with van der Waals surface area (Å²) in [4.78, 5) is 4.34. The van der Waals surface area contributed by atoms with Gasteiger partial charge in [0.25, 0.3) is 0 Å². The zero-order chi connectivity index (χ0) is 10.7. The number of fused-ring (bicyclic) bond motifs is 1. The Kier molecular flexibility index (Phi) is 4.11. The van der Waals surface area contributed by atoms with Gasteiger partial charge in [-0.05, 0) is 30.5 Å². The van der Waals surface area contributed by atoms with Crippen molar-refractivity contribution in [3.8, 4) is 0 Å². The second-order valence-electron chi connectivity index (χ2n) is 3.07. The Hall–Kier alpha value is 0. The van der Waals surface area contributed by atoms with E-state index in [0.29, 0.717) is 3.74 Å². The van der Waals surface area contributed by atoms with Gasteiger partial charge < -0.3 is 0 Å². The van der Waals surface area contributed by atoms with E-state index in [1.165, 1.54) is 5.52 Å². The number of alkyl halides is 2. The SMILES string of the molecule is BrC(Br)CCSn1cnc2ccccc21. The number of nitrogens with zero attached hydrogens (tertiary/aromatic N) is 2. The largest absolute Gasteiger partial charge is 0.272 e. The fraction of sp³-hybridized carbons (Fsp3) is 0.300. The lowest BCUT2D eigenvalue weighted by molar-refractivity contribution is 1.09. The van der Waals surface area contributed by atoms with E-state index in [4.69, 9.17) is 0 Å². The number of halogens is 2. The van der Waals surface area contributed by atoms with Crippen LogP contribution in [0.4, 0.5) is 0 Å². The van der Waals surface area contributed by atoms with E-state index in [9.17, 15) is 0 Å². The summed E-state index contributed by atoms with van der Waals surface area (Å²) in [6.07, 6.45) is 2.96. The Morgan fingerprint density at radius 1 is 1.33 bits per heavy atom. The van der Waals surface area contributed by atoms with E-state index in [2.05, 4.69) is 46.9 Å². The van der Waals surface area contributed by atoms with Crippen molar-refractivity contribution < 1.29 is 0 Å². The topological polar surface area (TPSA) is 17.8 Å². The molecule has 5 heteroatoms. The van der Waals surface area contributed by atoms with Crippen LogP contribution in [-0.4, -0.2) is 18.4 Å². The molecule has 1 aromatic heterocycles. The molecule has 0 amide bonds. The minimum atomic E-state index is 0.396. The highest BCUT2D eigenvalue weighted by Crippen LogP contribution is 2.21. The van der Waals surface area contributed by atoms with Crippen LogP contribution in [0.5, 0.6) is 0 Å². The lowest BCUT2D eigenvalue weighted by atomic mass is 10.3. The molecule has 0 saturated carbocycles. The van der Waals surface area contributed by atoms with Crippen molar-refractivity contribution in [2.75, 3.05) is 5.75 Å². The van der Waals surface area contributed by atoms with Gasteiger partial charge in [0.15, 0.2) is 0 Å². The molecule has 0 aliphatic rings. The Morgan fingerprint density at radius 3 is 2.93 bits per heavy atom. The summed E-state index contributed by atoms with van der Waals surface area (Å²) in [7, 11) is 0. The maximum Gasteiger partial charge on any atom is 0.106 e. The highest BCUT2D eigenvalue weighted by atomic mass is 79.9. The number of hydrogen-bond donors (Lipinski definition) is 0. The number of rotatable bonds is 4. The van der Waals surface area contributed by atoms with Gasteiger partial charge in [0.1, 0.15) is 6.33 Å². The molecular formula is C10H10Br2N2S. The predicted octanol–water partition coefficient (Wildman–Crippen LogP) is 4.04. The monoisotopic (exact) mass is 348 g/mol. The molecule has 1 aromatic carbocycles. The quantitative estimate of drug-likeness (QED) is 0.775. The molecular weight excluding hydrogens is 340 g/mol. The zero-order valence-electron chi connectivity index (χ0n) is 7.94. The van der Waals surface area contributed by atoms with Gasteiger partial charge in [-0.1, -0.05) is 44.0 Å². The van der Waals surface area contributed by atoms with Crippen molar-refractivity contribution >= 4 is 54.8 Å². The van der Waals surface area contributed by atoms with Crippen LogP contribution in [0, 0.1) is 0 Å². The predicted molar refractivity (Wildman–Crippen MR) is 73.8 cm³/mol. The van der Waals surface area contributed by atoms with Crippen LogP contribution < -0.4 is 0 Å². The minimum absolute atomic E-state index is 0.396. The molecule has 15 heavy (non-hydrogen) atoms. The molecule has 1 heterocycles. The van der Waals surface area contributed by atoms with E-state index in [-0.39, 0.29) is 0 Å². The van der Waals surface area contributed by atoms with Gasteiger partial charge in [-0.3, -0.25) is 3.97 Å². The standard InChI is InChI=1S/C10H10Br2N2S/c11-10(12)5-6-15-14-7-13-8-3-1-2-4-9(8)14/h1-4,7,10H,5-6H2. The molecule has 2 rings (SSSR count). The maximum atomic E-state index is 4.34. The normalized spacial score (nSPS) is 11.4. The smallest absolute Gasteiger partial charge is 0.106 e. The number of hydrogen-bond acceptors (Lipinski definition) is 2. The summed E-state index contributed by atoms with van der Waals surface area (Å²) < 4.78 is 2.52. The zero-order valence-corrected chi connectivity index (χ0v) is 11.9. The first-order valence-electron chi connectivity index (χ1n) is 4.61. The van der Waals surface area contributed by atoms with Crippen molar-refractivity contribution in [2.45, 2.75) is 10.2 Å². The Labute approximate surface area is 110 Å². The molecule has 0 aliphatic heterocycles. The fourth-order valence-corrected chi connectivity index (χ4v) is 3.29. The minimum Gasteiger partial charge on any atom is -0.272 e. The van der Waals surface area contributed by atoms with E-state index in [0.717, 1.165) is 17.7 Å². The summed E-state index contributed by atoms with van der Waals surface area (Å²) in [6.45, 7) is 0. The molecule has 2 aromatic rings. The Balaban J connectivity index is 2.08. The van der Waals surface area contributed by atoms with Crippen molar-refractivity contribution in [2.24, 2.45) is 0 Å². The van der Waals surface area contributed by atoms with Gasteiger partial charge in [0.05, 0.1) is 14.8 Å². The van der Waals surface area contributed by atoms with Crippen LogP contribution in [-0.2, 0) is 0 Å². The second-order valence-corrected chi connectivity index (χ2v) is 7.57. The molecule has 2 nitrogen and oxygen atoms in total. The average molecular weight is 350 g/mol. The fourth-order valence-electron chi connectivity index (χ4n) is 1.28. The van der Waals surface area contributed by atoms with E-state index < -0.39 is 0 Å². The third kappa shape index (κ3) is 2.98. The molecule has 0 saturated heterocycles. The third-order valence-electron chi connectivity index (χ3n) is 1.99. The first kappa shape index (κ1) is 11.5. The second kappa shape index (κ2) is 5.37. The maximum absolute atomic E-state index is 4.34. The van der Waals surface area contributed by atoms with E-state index in [1.54, 1.807) is 11.9 Å². The summed E-state index contributed by atoms with van der Waals surface area (Å²) in [6, 6.07) is 8.18. The van der Waals surface area contributed by atoms with Gasteiger partial charge >= 0.3 is 0 Å². The molecule has 0 bridgehead atoms. The summed E-state index contributed by atoms with van der Waals surface area (Å²) in [5.74, 6) is 1.06. The van der Waals surface area contributed by atoms with Crippen LogP contribution in [0.1, 0.15) is 6.42 Å². The number of benzene rings is 1. The summed E-state index contributed by atoms with van der Waals surface area (Å²) >= 11 is 8.71. The average Bonchev–Trinajstić information content (AvgIpc) is 2.62. The molecule has 0 unspecified atom stereocenters. The van der Waals surface area contributed by atoms with Crippen LogP contribution in [0.25, 0.3) is 11.0 Å². The lowest BCUT2D eigenvalue weighted by Crippen LogP contribution is -1.92. The first-order chi connectivity index (χ1) is 7.27. The van der Waals surface area contributed by atoms with Crippen LogP contribution >= 0.6 is 43.8 Å². The van der Waals surface area contributed by atoms with Crippen molar-refractivity contribution in [3.05, 3.63) is 30.6 Å². The van der Waals surface area contributed by atoms with Crippen molar-refractivity contribution in [1.82, 2.24) is 8.96 Å². The molecule has 0 fully saturated rings. The Morgan fingerprint density at radius 2 is 2.13 bits per heavy atom. The molecule has 0 N–H and O–H groups in total. The summed E-state index contributed by atoms with van der Waals surface area (Å²) in [5.41, 5.74) is 2.24. The lowest BCUT2D eigenvalue weighted by Gasteiger charge is -2.03. The van der Waals surface area contributed by atoms with Gasteiger partial charge in [-0.25, -0.2) is 4.98 Å². The molecule has 0 aliphatic carbocycles. The Bertz CT molecular complexity index is 442. The molecule has 0 atom stereocenters. The highest BCUT2D eigenvalue weighted by molar-refractivity contribution is 9.24. The third-order valence-corrected chi connectivity index (χ3v) is 3.89. The molecule has 0 spiro atoms.